The van der Waals surface area contributed by atoms with Crippen LogP contribution in [0.5, 0.6) is 0 Å². The second kappa shape index (κ2) is 6.91. The maximum atomic E-state index is 8.89. The minimum atomic E-state index is 0.0975. The van der Waals surface area contributed by atoms with Crippen LogP contribution < -0.4 is 5.32 Å². The number of nitrogens with zero attached hydrogens (tertiary/aromatic N) is 2. The summed E-state index contributed by atoms with van der Waals surface area (Å²) in [6, 6.07) is 18.9. The van der Waals surface area contributed by atoms with Crippen LogP contribution in [-0.4, -0.2) is 21.5 Å². The second-order valence-corrected chi connectivity index (χ2v) is 5.14. The summed E-state index contributed by atoms with van der Waals surface area (Å²) in [4.78, 5) is 0. The summed E-state index contributed by atoms with van der Waals surface area (Å²) in [5.41, 5.74) is 4.62. The first-order chi connectivity index (χ1) is 10.8. The number of rotatable bonds is 6. The van der Waals surface area contributed by atoms with Gasteiger partial charge in [-0.3, -0.25) is 4.68 Å². The number of nitrogens with one attached hydrogen (secondary N) is 1. The molecule has 0 radical (unpaired) electrons. The van der Waals surface area contributed by atoms with Crippen molar-refractivity contribution < 1.29 is 5.11 Å². The summed E-state index contributed by atoms with van der Waals surface area (Å²) in [7, 11) is 0. The Bertz CT molecular complexity index is 722. The highest BCUT2D eigenvalue weighted by molar-refractivity contribution is 5.64. The van der Waals surface area contributed by atoms with Crippen LogP contribution >= 0.6 is 0 Å². The Balaban J connectivity index is 1.67. The van der Waals surface area contributed by atoms with Crippen LogP contribution in [0, 0.1) is 0 Å². The van der Waals surface area contributed by atoms with Gasteiger partial charge in [0.1, 0.15) is 0 Å². The van der Waals surface area contributed by atoms with E-state index in [1.54, 1.807) is 10.9 Å². The number of benzene rings is 2. The van der Waals surface area contributed by atoms with Crippen molar-refractivity contribution in [2.75, 3.05) is 11.9 Å². The van der Waals surface area contributed by atoms with Crippen molar-refractivity contribution in [2.24, 2.45) is 0 Å². The molecule has 3 rings (SSSR count). The van der Waals surface area contributed by atoms with Crippen molar-refractivity contribution in [3.05, 3.63) is 72.6 Å². The number of aromatic nitrogens is 2. The van der Waals surface area contributed by atoms with Gasteiger partial charge in [0, 0.05) is 12.7 Å². The first-order valence-electron chi connectivity index (χ1n) is 7.37. The van der Waals surface area contributed by atoms with Crippen LogP contribution in [0.4, 0.5) is 5.69 Å². The average molecular weight is 293 g/mol. The quantitative estimate of drug-likeness (QED) is 0.734. The molecular weight excluding hydrogens is 274 g/mol. The molecule has 0 aliphatic heterocycles. The fraction of sp³-hybridized carbons (Fsp3) is 0.167. The summed E-state index contributed by atoms with van der Waals surface area (Å²) in [5, 5.41) is 16.4. The zero-order valence-corrected chi connectivity index (χ0v) is 12.3. The molecule has 0 atom stereocenters. The van der Waals surface area contributed by atoms with Gasteiger partial charge in [-0.15, -0.1) is 0 Å². The number of aliphatic hydroxyl groups is 1. The maximum Gasteiger partial charge on any atom is 0.0729 e. The van der Waals surface area contributed by atoms with Crippen LogP contribution in [0.2, 0.25) is 0 Å². The van der Waals surface area contributed by atoms with Crippen LogP contribution in [0.1, 0.15) is 5.56 Å². The number of anilines is 1. The maximum absolute atomic E-state index is 8.89. The lowest BCUT2D eigenvalue weighted by molar-refractivity contribution is 0.269. The molecule has 0 aliphatic carbocycles. The molecule has 112 valence electrons. The molecule has 0 fully saturated rings. The van der Waals surface area contributed by atoms with Gasteiger partial charge >= 0.3 is 0 Å². The first kappa shape index (κ1) is 14.4. The van der Waals surface area contributed by atoms with Crippen molar-refractivity contribution in [3.8, 4) is 11.1 Å². The molecular formula is C18H19N3O. The van der Waals surface area contributed by atoms with Crippen LogP contribution in [0.15, 0.2) is 67.0 Å². The van der Waals surface area contributed by atoms with E-state index in [1.165, 1.54) is 16.7 Å². The third kappa shape index (κ3) is 3.54. The van der Waals surface area contributed by atoms with Gasteiger partial charge in [0.15, 0.2) is 0 Å². The molecule has 3 aromatic rings. The molecule has 0 bridgehead atoms. The van der Waals surface area contributed by atoms with Crippen molar-refractivity contribution in [1.82, 2.24) is 9.78 Å². The number of hydrogen-bond acceptors (Lipinski definition) is 3. The van der Waals surface area contributed by atoms with Gasteiger partial charge in [-0.1, -0.05) is 48.5 Å². The molecule has 4 heteroatoms. The largest absolute Gasteiger partial charge is 0.394 e. The van der Waals surface area contributed by atoms with Gasteiger partial charge in [0.25, 0.3) is 0 Å². The van der Waals surface area contributed by atoms with Crippen molar-refractivity contribution >= 4 is 5.69 Å². The van der Waals surface area contributed by atoms with E-state index >= 15 is 0 Å². The lowest BCUT2D eigenvalue weighted by Crippen LogP contribution is -2.02. The summed E-state index contributed by atoms with van der Waals surface area (Å²) in [5.74, 6) is 0. The van der Waals surface area contributed by atoms with E-state index in [2.05, 4.69) is 58.9 Å². The smallest absolute Gasteiger partial charge is 0.0729 e. The van der Waals surface area contributed by atoms with Crippen molar-refractivity contribution in [1.29, 1.82) is 0 Å². The van der Waals surface area contributed by atoms with Crippen molar-refractivity contribution in [3.63, 3.8) is 0 Å². The fourth-order valence-electron chi connectivity index (χ4n) is 2.38. The lowest BCUT2D eigenvalue weighted by Gasteiger charge is -2.07. The number of hydrogen-bond donors (Lipinski definition) is 2. The standard InChI is InChI=1S/C18H19N3O/c22-10-9-21-14-18(13-20-21)19-12-15-5-4-8-17(11-15)16-6-2-1-3-7-16/h1-8,11,13-14,19,22H,9-10,12H2. The monoisotopic (exact) mass is 293 g/mol. The van der Waals surface area contributed by atoms with E-state index in [1.807, 2.05) is 12.3 Å². The average Bonchev–Trinajstić information content (AvgIpc) is 3.02. The third-order valence-corrected chi connectivity index (χ3v) is 3.49. The Hall–Kier alpha value is -2.59. The molecule has 0 saturated heterocycles. The molecule has 22 heavy (non-hydrogen) atoms. The summed E-state index contributed by atoms with van der Waals surface area (Å²) in [6.45, 7) is 1.36. The van der Waals surface area contributed by atoms with Gasteiger partial charge in [-0.05, 0) is 22.8 Å². The molecule has 1 heterocycles. The van der Waals surface area contributed by atoms with Gasteiger partial charge in [-0.2, -0.15) is 5.10 Å². The minimum absolute atomic E-state index is 0.0975. The Labute approximate surface area is 130 Å². The molecule has 0 amide bonds. The van der Waals surface area contributed by atoms with Gasteiger partial charge < -0.3 is 10.4 Å². The molecule has 0 aliphatic rings. The highest BCUT2D eigenvalue weighted by atomic mass is 16.3. The summed E-state index contributed by atoms with van der Waals surface area (Å²) in [6.07, 6.45) is 3.67. The van der Waals surface area contributed by atoms with Gasteiger partial charge in [-0.25, -0.2) is 0 Å². The predicted octanol–water partition coefficient (Wildman–Crippen LogP) is 3.15. The topological polar surface area (TPSA) is 50.1 Å². The van der Waals surface area contributed by atoms with E-state index in [0.717, 1.165) is 12.2 Å². The highest BCUT2D eigenvalue weighted by Crippen LogP contribution is 2.20. The van der Waals surface area contributed by atoms with Crippen LogP contribution in [0.25, 0.3) is 11.1 Å². The highest BCUT2D eigenvalue weighted by Gasteiger charge is 2.01. The Morgan fingerprint density at radius 3 is 2.64 bits per heavy atom. The Morgan fingerprint density at radius 2 is 1.82 bits per heavy atom. The van der Waals surface area contributed by atoms with E-state index in [0.29, 0.717) is 6.54 Å². The lowest BCUT2D eigenvalue weighted by atomic mass is 10.0. The third-order valence-electron chi connectivity index (χ3n) is 3.49. The van der Waals surface area contributed by atoms with Gasteiger partial charge in [0.05, 0.1) is 25.0 Å². The van der Waals surface area contributed by atoms with E-state index in [-0.39, 0.29) is 6.61 Å². The molecule has 0 unspecified atom stereocenters. The first-order valence-corrected chi connectivity index (χ1v) is 7.37. The normalized spacial score (nSPS) is 10.6. The molecule has 2 N–H and O–H groups in total. The van der Waals surface area contributed by atoms with Crippen LogP contribution in [-0.2, 0) is 13.1 Å². The zero-order valence-electron chi connectivity index (χ0n) is 12.3. The van der Waals surface area contributed by atoms with E-state index in [9.17, 15) is 0 Å². The molecule has 4 nitrogen and oxygen atoms in total. The SMILES string of the molecule is OCCn1cc(NCc2cccc(-c3ccccc3)c2)cn1. The van der Waals surface area contributed by atoms with E-state index in [4.69, 9.17) is 5.11 Å². The van der Waals surface area contributed by atoms with E-state index < -0.39 is 0 Å². The summed E-state index contributed by atoms with van der Waals surface area (Å²) >= 11 is 0. The molecule has 0 spiro atoms. The molecule has 0 saturated carbocycles. The number of aliphatic hydroxyl groups excluding tert-OH is 1. The van der Waals surface area contributed by atoms with Gasteiger partial charge in [0.2, 0.25) is 0 Å². The molecule has 1 aromatic heterocycles. The zero-order chi connectivity index (χ0) is 15.2. The van der Waals surface area contributed by atoms with Crippen LogP contribution in [0.3, 0.4) is 0 Å². The second-order valence-electron chi connectivity index (χ2n) is 5.14. The van der Waals surface area contributed by atoms with Crippen molar-refractivity contribution in [2.45, 2.75) is 13.1 Å². The molecule has 2 aromatic carbocycles. The fourth-order valence-corrected chi connectivity index (χ4v) is 2.38. The Kier molecular flexibility index (Phi) is 4.51. The predicted molar refractivity (Wildman–Crippen MR) is 88.5 cm³/mol. The summed E-state index contributed by atoms with van der Waals surface area (Å²) < 4.78 is 1.72. The minimum Gasteiger partial charge on any atom is -0.394 e. The Morgan fingerprint density at radius 1 is 1.00 bits per heavy atom.